The second-order valence-corrected chi connectivity index (χ2v) is 9.40. The maximum atomic E-state index is 13.4. The number of ether oxygens (including phenoxy) is 2. The third kappa shape index (κ3) is 5.72. The molecule has 0 fully saturated rings. The quantitative estimate of drug-likeness (QED) is 0.470. The molecular weight excluding hydrogens is 434 g/mol. The average Bonchev–Trinajstić information content (AvgIpc) is 3.10. The number of hydrogen-bond acceptors (Lipinski definition) is 6. The van der Waals surface area contributed by atoms with Gasteiger partial charge in [0.2, 0.25) is 0 Å². The standard InChI is InChI=1S/C25H33N5O4/c1-15(2)20-14-19(21-16(3)29-30(22(21)28-20)25(4,5)6)23(31)26-17-9-8-10-18(13-17)27-24(32)34-12-11-33-7/h8-10,13-15H,11-12H2,1-7H3,(H,26,31)(H,27,32). The summed E-state index contributed by atoms with van der Waals surface area (Å²) >= 11 is 0. The van der Waals surface area contributed by atoms with E-state index in [1.807, 2.05) is 31.5 Å². The zero-order valence-corrected chi connectivity index (χ0v) is 20.9. The van der Waals surface area contributed by atoms with E-state index in [2.05, 4.69) is 31.4 Å². The molecule has 0 atom stereocenters. The third-order valence-electron chi connectivity index (χ3n) is 5.19. The van der Waals surface area contributed by atoms with E-state index >= 15 is 0 Å². The lowest BCUT2D eigenvalue weighted by molar-refractivity contribution is 0.102. The molecule has 0 aliphatic rings. The summed E-state index contributed by atoms with van der Waals surface area (Å²) in [6.45, 7) is 12.6. The van der Waals surface area contributed by atoms with Crippen LogP contribution in [0.5, 0.6) is 0 Å². The largest absolute Gasteiger partial charge is 0.447 e. The Hall–Kier alpha value is -3.46. The van der Waals surface area contributed by atoms with Gasteiger partial charge in [-0.25, -0.2) is 14.5 Å². The van der Waals surface area contributed by atoms with Crippen LogP contribution in [0.2, 0.25) is 0 Å². The zero-order chi connectivity index (χ0) is 25.0. The number of methoxy groups -OCH3 is 1. The Morgan fingerprint density at radius 3 is 2.38 bits per heavy atom. The summed E-state index contributed by atoms with van der Waals surface area (Å²) in [5.74, 6) is -0.137. The van der Waals surface area contributed by atoms with Gasteiger partial charge in [0.1, 0.15) is 6.61 Å². The Balaban J connectivity index is 1.92. The maximum absolute atomic E-state index is 13.4. The van der Waals surface area contributed by atoms with Gasteiger partial charge in [0, 0.05) is 24.2 Å². The van der Waals surface area contributed by atoms with Crippen molar-refractivity contribution in [3.05, 3.63) is 47.3 Å². The maximum Gasteiger partial charge on any atom is 0.411 e. The number of hydrogen-bond donors (Lipinski definition) is 2. The number of amides is 2. The van der Waals surface area contributed by atoms with Crippen molar-refractivity contribution >= 4 is 34.4 Å². The van der Waals surface area contributed by atoms with Crippen LogP contribution in [0.4, 0.5) is 16.2 Å². The van der Waals surface area contributed by atoms with Crippen LogP contribution in [0, 0.1) is 6.92 Å². The Morgan fingerprint density at radius 2 is 1.76 bits per heavy atom. The van der Waals surface area contributed by atoms with E-state index in [1.165, 1.54) is 7.11 Å². The lowest BCUT2D eigenvalue weighted by atomic mass is 10.0. The molecule has 0 saturated carbocycles. The molecule has 2 amide bonds. The first-order valence-corrected chi connectivity index (χ1v) is 11.3. The number of aryl methyl sites for hydroxylation is 1. The number of rotatable bonds is 7. The van der Waals surface area contributed by atoms with Gasteiger partial charge < -0.3 is 14.8 Å². The molecular formula is C25H33N5O4. The molecule has 182 valence electrons. The minimum absolute atomic E-state index is 0.135. The molecule has 2 N–H and O–H groups in total. The summed E-state index contributed by atoms with van der Waals surface area (Å²) < 4.78 is 11.8. The number of fused-ring (bicyclic) bond motifs is 1. The van der Waals surface area contributed by atoms with Crippen LogP contribution in [0.1, 0.15) is 62.3 Å². The van der Waals surface area contributed by atoms with Gasteiger partial charge in [-0.1, -0.05) is 19.9 Å². The monoisotopic (exact) mass is 467 g/mol. The Bertz CT molecular complexity index is 1190. The van der Waals surface area contributed by atoms with E-state index in [0.717, 1.165) is 16.8 Å². The van der Waals surface area contributed by atoms with Gasteiger partial charge in [0.15, 0.2) is 5.65 Å². The highest BCUT2D eigenvalue weighted by atomic mass is 16.6. The van der Waals surface area contributed by atoms with Gasteiger partial charge in [0.25, 0.3) is 5.91 Å². The molecule has 0 radical (unpaired) electrons. The lowest BCUT2D eigenvalue weighted by Crippen LogP contribution is -2.24. The Morgan fingerprint density at radius 1 is 1.09 bits per heavy atom. The van der Waals surface area contributed by atoms with Crippen molar-refractivity contribution in [2.24, 2.45) is 0 Å². The van der Waals surface area contributed by atoms with E-state index in [4.69, 9.17) is 19.6 Å². The molecule has 3 aromatic rings. The number of carbonyl (C=O) groups excluding carboxylic acids is 2. The average molecular weight is 468 g/mol. The molecule has 1 aromatic carbocycles. The predicted octanol–water partition coefficient (Wildman–Crippen LogP) is 5.07. The number of carbonyl (C=O) groups is 2. The summed E-state index contributed by atoms with van der Waals surface area (Å²) in [5, 5.41) is 11.0. The van der Waals surface area contributed by atoms with Crippen LogP contribution in [-0.2, 0) is 15.0 Å². The molecule has 2 aromatic heterocycles. The fourth-order valence-corrected chi connectivity index (χ4v) is 3.50. The van der Waals surface area contributed by atoms with Crippen LogP contribution in [0.3, 0.4) is 0 Å². The predicted molar refractivity (Wildman–Crippen MR) is 133 cm³/mol. The third-order valence-corrected chi connectivity index (χ3v) is 5.19. The van der Waals surface area contributed by atoms with Gasteiger partial charge >= 0.3 is 6.09 Å². The molecule has 0 saturated heterocycles. The molecule has 0 spiro atoms. The highest BCUT2D eigenvalue weighted by Gasteiger charge is 2.25. The Labute approximate surface area is 199 Å². The first-order valence-electron chi connectivity index (χ1n) is 11.3. The molecule has 3 rings (SSSR count). The number of nitrogens with one attached hydrogen (secondary N) is 2. The van der Waals surface area contributed by atoms with Crippen LogP contribution in [-0.4, -0.2) is 47.1 Å². The fourth-order valence-electron chi connectivity index (χ4n) is 3.50. The van der Waals surface area contributed by atoms with Crippen molar-refractivity contribution < 1.29 is 19.1 Å². The molecule has 2 heterocycles. The minimum atomic E-state index is -0.594. The highest BCUT2D eigenvalue weighted by Crippen LogP contribution is 2.29. The smallest absolute Gasteiger partial charge is 0.411 e. The van der Waals surface area contributed by atoms with Gasteiger partial charge in [-0.3, -0.25) is 10.1 Å². The molecule has 9 nitrogen and oxygen atoms in total. The first-order chi connectivity index (χ1) is 16.0. The van der Waals surface area contributed by atoms with Crippen LogP contribution >= 0.6 is 0 Å². The molecule has 0 unspecified atom stereocenters. The second-order valence-electron chi connectivity index (χ2n) is 9.40. The summed E-state index contributed by atoms with van der Waals surface area (Å²) in [6, 6.07) is 8.71. The molecule has 9 heteroatoms. The van der Waals surface area contributed by atoms with E-state index < -0.39 is 6.09 Å². The molecule has 0 aliphatic heterocycles. The zero-order valence-electron chi connectivity index (χ0n) is 20.9. The highest BCUT2D eigenvalue weighted by molar-refractivity contribution is 6.13. The number of nitrogens with zero attached hydrogens (tertiary/aromatic N) is 3. The van der Waals surface area contributed by atoms with Crippen molar-refractivity contribution in [3.63, 3.8) is 0 Å². The molecule has 0 bridgehead atoms. The van der Waals surface area contributed by atoms with Crippen molar-refractivity contribution in [1.29, 1.82) is 0 Å². The summed E-state index contributed by atoms with van der Waals surface area (Å²) in [7, 11) is 1.53. The topological polar surface area (TPSA) is 107 Å². The number of benzene rings is 1. The SMILES string of the molecule is COCCOC(=O)Nc1cccc(NC(=O)c2cc(C(C)C)nc3c2c(C)nn3C(C)(C)C)c1. The van der Waals surface area contributed by atoms with E-state index in [9.17, 15) is 9.59 Å². The first kappa shape index (κ1) is 25.2. The van der Waals surface area contributed by atoms with Crippen LogP contribution in [0.25, 0.3) is 11.0 Å². The lowest BCUT2D eigenvalue weighted by Gasteiger charge is -2.20. The summed E-state index contributed by atoms with van der Waals surface area (Å²) in [5.41, 5.74) is 3.51. The second kappa shape index (κ2) is 10.2. The van der Waals surface area contributed by atoms with Gasteiger partial charge in [0.05, 0.1) is 28.8 Å². The molecule has 34 heavy (non-hydrogen) atoms. The summed E-state index contributed by atoms with van der Waals surface area (Å²) in [4.78, 5) is 30.2. The number of aromatic nitrogens is 3. The van der Waals surface area contributed by atoms with E-state index in [-0.39, 0.29) is 24.0 Å². The number of anilines is 2. The van der Waals surface area contributed by atoms with Crippen LogP contribution in [0.15, 0.2) is 30.3 Å². The minimum Gasteiger partial charge on any atom is -0.447 e. The normalized spacial score (nSPS) is 11.6. The van der Waals surface area contributed by atoms with E-state index in [1.54, 1.807) is 24.3 Å². The fraction of sp³-hybridized carbons (Fsp3) is 0.440. The Kier molecular flexibility index (Phi) is 7.56. The summed E-state index contributed by atoms with van der Waals surface area (Å²) in [6.07, 6.45) is -0.594. The van der Waals surface area contributed by atoms with Gasteiger partial charge in [-0.05, 0) is 57.9 Å². The van der Waals surface area contributed by atoms with Crippen molar-refractivity contribution in [1.82, 2.24) is 14.8 Å². The number of pyridine rings is 1. The van der Waals surface area contributed by atoms with Gasteiger partial charge in [-0.2, -0.15) is 5.10 Å². The molecule has 0 aliphatic carbocycles. The van der Waals surface area contributed by atoms with E-state index in [0.29, 0.717) is 29.2 Å². The van der Waals surface area contributed by atoms with Crippen molar-refractivity contribution in [2.75, 3.05) is 31.0 Å². The van der Waals surface area contributed by atoms with Gasteiger partial charge in [-0.15, -0.1) is 0 Å². The van der Waals surface area contributed by atoms with Crippen molar-refractivity contribution in [2.45, 2.75) is 53.0 Å². The van der Waals surface area contributed by atoms with Crippen molar-refractivity contribution in [3.8, 4) is 0 Å². The van der Waals surface area contributed by atoms with Crippen LogP contribution < -0.4 is 10.6 Å².